The molecule has 2 heterocycles. The van der Waals surface area contributed by atoms with Crippen LogP contribution in [0.3, 0.4) is 0 Å². The second-order valence-corrected chi connectivity index (χ2v) is 6.88. The summed E-state index contributed by atoms with van der Waals surface area (Å²) < 4.78 is 12.9. The Bertz CT molecular complexity index is 612. The SMILES string of the molecule is CCN1CCN(C(=O)C2CC(=O)N(CCc3ccc(F)cc3)C2)CC1. The number of likely N-dealkylation sites (tertiary alicyclic amines) is 1. The summed E-state index contributed by atoms with van der Waals surface area (Å²) in [5.74, 6) is -0.301. The van der Waals surface area contributed by atoms with Crippen LogP contribution < -0.4 is 0 Å². The maximum atomic E-state index is 12.9. The number of halogens is 1. The zero-order valence-electron chi connectivity index (χ0n) is 14.8. The minimum atomic E-state index is -0.255. The third-order valence-corrected chi connectivity index (χ3v) is 5.28. The van der Waals surface area contributed by atoms with Gasteiger partial charge in [-0.25, -0.2) is 4.39 Å². The molecular weight excluding hydrogens is 321 g/mol. The van der Waals surface area contributed by atoms with Gasteiger partial charge in [-0.05, 0) is 30.7 Å². The minimum Gasteiger partial charge on any atom is -0.342 e. The van der Waals surface area contributed by atoms with Crippen LogP contribution in [0.1, 0.15) is 18.9 Å². The van der Waals surface area contributed by atoms with E-state index in [1.54, 1.807) is 17.0 Å². The molecule has 2 amide bonds. The molecule has 0 N–H and O–H groups in total. The largest absolute Gasteiger partial charge is 0.342 e. The summed E-state index contributed by atoms with van der Waals surface area (Å²) in [7, 11) is 0. The van der Waals surface area contributed by atoms with Crippen LogP contribution in [0.4, 0.5) is 4.39 Å². The summed E-state index contributed by atoms with van der Waals surface area (Å²) in [5, 5.41) is 0. The van der Waals surface area contributed by atoms with E-state index in [1.165, 1.54) is 12.1 Å². The molecule has 1 aromatic carbocycles. The van der Waals surface area contributed by atoms with Crippen molar-refractivity contribution in [2.45, 2.75) is 19.8 Å². The summed E-state index contributed by atoms with van der Waals surface area (Å²) in [4.78, 5) is 30.9. The van der Waals surface area contributed by atoms with E-state index in [-0.39, 0.29) is 23.5 Å². The van der Waals surface area contributed by atoms with Gasteiger partial charge >= 0.3 is 0 Å². The second-order valence-electron chi connectivity index (χ2n) is 6.88. The molecule has 2 saturated heterocycles. The van der Waals surface area contributed by atoms with E-state index in [0.717, 1.165) is 38.3 Å². The lowest BCUT2D eigenvalue weighted by Gasteiger charge is -2.35. The number of hydrogen-bond donors (Lipinski definition) is 0. The third kappa shape index (κ3) is 4.37. The van der Waals surface area contributed by atoms with E-state index in [0.29, 0.717) is 25.9 Å². The topological polar surface area (TPSA) is 43.9 Å². The lowest BCUT2D eigenvalue weighted by atomic mass is 10.1. The highest BCUT2D eigenvalue weighted by Crippen LogP contribution is 2.21. The second kappa shape index (κ2) is 7.95. The number of likely N-dealkylation sites (N-methyl/N-ethyl adjacent to an activating group) is 1. The zero-order valence-corrected chi connectivity index (χ0v) is 14.8. The Kier molecular flexibility index (Phi) is 5.68. The van der Waals surface area contributed by atoms with Crippen molar-refractivity contribution in [3.63, 3.8) is 0 Å². The van der Waals surface area contributed by atoms with Gasteiger partial charge in [0.05, 0.1) is 5.92 Å². The predicted molar refractivity (Wildman–Crippen MR) is 93.5 cm³/mol. The molecule has 0 aromatic heterocycles. The van der Waals surface area contributed by atoms with E-state index in [1.807, 2.05) is 4.90 Å². The van der Waals surface area contributed by atoms with Crippen LogP contribution in [-0.4, -0.2) is 72.3 Å². The monoisotopic (exact) mass is 347 g/mol. The molecular formula is C19H26FN3O2. The molecule has 0 radical (unpaired) electrons. The van der Waals surface area contributed by atoms with Crippen LogP contribution in [-0.2, 0) is 16.0 Å². The number of nitrogens with zero attached hydrogens (tertiary/aromatic N) is 3. The molecule has 136 valence electrons. The van der Waals surface area contributed by atoms with E-state index in [9.17, 15) is 14.0 Å². The van der Waals surface area contributed by atoms with Crippen LogP contribution in [0.2, 0.25) is 0 Å². The van der Waals surface area contributed by atoms with Gasteiger partial charge in [0, 0.05) is 45.7 Å². The number of amides is 2. The fourth-order valence-corrected chi connectivity index (χ4v) is 3.61. The molecule has 0 bridgehead atoms. The van der Waals surface area contributed by atoms with E-state index >= 15 is 0 Å². The molecule has 1 unspecified atom stereocenters. The lowest BCUT2D eigenvalue weighted by Crippen LogP contribution is -2.50. The summed E-state index contributed by atoms with van der Waals surface area (Å²) in [6, 6.07) is 6.35. The van der Waals surface area contributed by atoms with Crippen LogP contribution in [0.25, 0.3) is 0 Å². The first-order valence-corrected chi connectivity index (χ1v) is 9.10. The number of benzene rings is 1. The molecule has 2 aliphatic heterocycles. The van der Waals surface area contributed by atoms with E-state index < -0.39 is 0 Å². The summed E-state index contributed by atoms with van der Waals surface area (Å²) >= 11 is 0. The maximum Gasteiger partial charge on any atom is 0.228 e. The molecule has 25 heavy (non-hydrogen) atoms. The Morgan fingerprint density at radius 1 is 1.16 bits per heavy atom. The van der Waals surface area contributed by atoms with Crippen LogP contribution in [0.15, 0.2) is 24.3 Å². The Morgan fingerprint density at radius 2 is 1.84 bits per heavy atom. The Labute approximate surface area is 148 Å². The van der Waals surface area contributed by atoms with Crippen molar-refractivity contribution in [1.82, 2.24) is 14.7 Å². The summed E-state index contributed by atoms with van der Waals surface area (Å²) in [5.41, 5.74) is 1.000. The molecule has 1 atom stereocenters. The number of carbonyl (C=O) groups is 2. The standard InChI is InChI=1S/C19H26FN3O2/c1-2-21-9-11-22(12-10-21)19(25)16-13-18(24)23(14-16)8-7-15-3-5-17(20)6-4-15/h3-6,16H,2,7-14H2,1H3. The van der Waals surface area contributed by atoms with Crippen molar-refractivity contribution in [1.29, 1.82) is 0 Å². The van der Waals surface area contributed by atoms with Gasteiger partial charge in [0.15, 0.2) is 0 Å². The van der Waals surface area contributed by atoms with Gasteiger partial charge in [-0.3, -0.25) is 9.59 Å². The fourth-order valence-electron chi connectivity index (χ4n) is 3.61. The van der Waals surface area contributed by atoms with E-state index in [4.69, 9.17) is 0 Å². The van der Waals surface area contributed by atoms with Crippen LogP contribution in [0.5, 0.6) is 0 Å². The number of hydrogen-bond acceptors (Lipinski definition) is 3. The molecule has 2 fully saturated rings. The molecule has 5 nitrogen and oxygen atoms in total. The minimum absolute atomic E-state index is 0.0488. The molecule has 6 heteroatoms. The molecule has 0 saturated carbocycles. The first kappa shape index (κ1) is 17.9. The molecule has 3 rings (SSSR count). The number of carbonyl (C=O) groups excluding carboxylic acids is 2. The van der Waals surface area contributed by atoms with Crippen molar-refractivity contribution in [2.24, 2.45) is 5.92 Å². The Morgan fingerprint density at radius 3 is 2.48 bits per heavy atom. The molecule has 2 aliphatic rings. The van der Waals surface area contributed by atoms with Crippen molar-refractivity contribution < 1.29 is 14.0 Å². The maximum absolute atomic E-state index is 12.9. The normalized spacial score (nSPS) is 21.8. The zero-order chi connectivity index (χ0) is 17.8. The highest BCUT2D eigenvalue weighted by atomic mass is 19.1. The quantitative estimate of drug-likeness (QED) is 0.808. The van der Waals surface area contributed by atoms with Gasteiger partial charge in [0.1, 0.15) is 5.82 Å². The number of rotatable bonds is 5. The Balaban J connectivity index is 1.50. The first-order valence-electron chi connectivity index (χ1n) is 9.10. The van der Waals surface area contributed by atoms with Gasteiger partial charge in [-0.2, -0.15) is 0 Å². The van der Waals surface area contributed by atoms with Gasteiger partial charge in [-0.15, -0.1) is 0 Å². The van der Waals surface area contributed by atoms with Crippen molar-refractivity contribution in [3.05, 3.63) is 35.6 Å². The van der Waals surface area contributed by atoms with Crippen molar-refractivity contribution in [3.8, 4) is 0 Å². The summed E-state index contributed by atoms with van der Waals surface area (Å²) in [6.07, 6.45) is 0.998. The summed E-state index contributed by atoms with van der Waals surface area (Å²) in [6.45, 7) is 7.58. The lowest BCUT2D eigenvalue weighted by molar-refractivity contribution is -0.137. The highest BCUT2D eigenvalue weighted by molar-refractivity contribution is 5.89. The van der Waals surface area contributed by atoms with Gasteiger partial charge in [0.25, 0.3) is 0 Å². The molecule has 0 spiro atoms. The molecule has 0 aliphatic carbocycles. The van der Waals surface area contributed by atoms with E-state index in [2.05, 4.69) is 11.8 Å². The molecule has 1 aromatic rings. The fraction of sp³-hybridized carbons (Fsp3) is 0.579. The van der Waals surface area contributed by atoms with Gasteiger partial charge < -0.3 is 14.7 Å². The van der Waals surface area contributed by atoms with Crippen LogP contribution >= 0.6 is 0 Å². The average Bonchev–Trinajstić information content (AvgIpc) is 3.01. The van der Waals surface area contributed by atoms with Crippen molar-refractivity contribution in [2.75, 3.05) is 45.8 Å². The Hall–Kier alpha value is -1.95. The van der Waals surface area contributed by atoms with Gasteiger partial charge in [0.2, 0.25) is 11.8 Å². The average molecular weight is 347 g/mol. The third-order valence-electron chi connectivity index (χ3n) is 5.28. The number of piperazine rings is 1. The van der Waals surface area contributed by atoms with Crippen molar-refractivity contribution >= 4 is 11.8 Å². The smallest absolute Gasteiger partial charge is 0.228 e. The highest BCUT2D eigenvalue weighted by Gasteiger charge is 2.36. The predicted octanol–water partition coefficient (Wildman–Crippen LogP) is 1.38. The first-order chi connectivity index (χ1) is 12.1. The van der Waals surface area contributed by atoms with Gasteiger partial charge in [-0.1, -0.05) is 19.1 Å². The van der Waals surface area contributed by atoms with Crippen LogP contribution in [0, 0.1) is 11.7 Å².